The predicted molar refractivity (Wildman–Crippen MR) is 53.2 cm³/mol. The molecule has 1 saturated heterocycles. The molecule has 0 aromatic heterocycles. The van der Waals surface area contributed by atoms with Crippen LogP contribution in [0.2, 0.25) is 0 Å². The Morgan fingerprint density at radius 1 is 1.46 bits per heavy atom. The van der Waals surface area contributed by atoms with Crippen LogP contribution in [0.25, 0.3) is 0 Å². The van der Waals surface area contributed by atoms with Gasteiger partial charge in [0.2, 0.25) is 5.91 Å². The van der Waals surface area contributed by atoms with Gasteiger partial charge in [0.05, 0.1) is 6.54 Å². The van der Waals surface area contributed by atoms with Crippen molar-refractivity contribution < 1.29 is 4.79 Å². The van der Waals surface area contributed by atoms with E-state index < -0.39 is 0 Å². The van der Waals surface area contributed by atoms with E-state index in [2.05, 4.69) is 25.3 Å². The van der Waals surface area contributed by atoms with Gasteiger partial charge in [-0.15, -0.1) is 0 Å². The Kier molecular flexibility index (Phi) is 2.96. The van der Waals surface area contributed by atoms with Crippen LogP contribution >= 0.6 is 0 Å². The van der Waals surface area contributed by atoms with Gasteiger partial charge in [0.15, 0.2) is 0 Å². The molecule has 1 fully saturated rings. The van der Waals surface area contributed by atoms with Crippen LogP contribution in [0.4, 0.5) is 0 Å². The van der Waals surface area contributed by atoms with E-state index in [4.69, 9.17) is 0 Å². The van der Waals surface area contributed by atoms with Crippen LogP contribution in [-0.4, -0.2) is 41.4 Å². The highest BCUT2D eigenvalue weighted by Gasteiger charge is 2.22. The summed E-state index contributed by atoms with van der Waals surface area (Å²) in [4.78, 5) is 15.2. The lowest BCUT2D eigenvalue weighted by atomic mass is 10.2. The summed E-state index contributed by atoms with van der Waals surface area (Å²) < 4.78 is 0. The molecule has 13 heavy (non-hydrogen) atoms. The Hall–Kier alpha value is -0.990. The van der Waals surface area contributed by atoms with E-state index in [9.17, 15) is 4.79 Å². The fraction of sp³-hybridized carbons (Fsp3) is 0.700. The molecule has 0 atom stereocenters. The molecule has 3 heteroatoms. The fourth-order valence-corrected chi connectivity index (χ4v) is 1.67. The number of rotatable bonds is 1. The molecule has 3 nitrogen and oxygen atoms in total. The van der Waals surface area contributed by atoms with E-state index in [0.29, 0.717) is 12.6 Å². The van der Waals surface area contributed by atoms with Crippen molar-refractivity contribution >= 4 is 5.91 Å². The fourth-order valence-electron chi connectivity index (χ4n) is 1.67. The minimum atomic E-state index is 0.143. The summed E-state index contributed by atoms with van der Waals surface area (Å²) in [6, 6.07) is 0.488. The van der Waals surface area contributed by atoms with E-state index in [0.717, 1.165) is 18.8 Å². The summed E-state index contributed by atoms with van der Waals surface area (Å²) in [7, 11) is 0. The zero-order valence-corrected chi connectivity index (χ0v) is 8.71. The van der Waals surface area contributed by atoms with Gasteiger partial charge in [-0.05, 0) is 13.8 Å². The first-order valence-electron chi connectivity index (χ1n) is 4.72. The minimum absolute atomic E-state index is 0.143. The van der Waals surface area contributed by atoms with Crippen molar-refractivity contribution in [2.45, 2.75) is 26.8 Å². The molecular weight excluding hydrogens is 164 g/mol. The molecule has 1 heterocycles. The second-order valence-electron chi connectivity index (χ2n) is 3.79. The van der Waals surface area contributed by atoms with E-state index in [1.54, 1.807) is 6.92 Å². The number of hydrogen-bond donors (Lipinski definition) is 0. The number of piperazine rings is 1. The van der Waals surface area contributed by atoms with Crippen LogP contribution in [0.15, 0.2) is 12.3 Å². The molecule has 0 aromatic carbocycles. The Bertz CT molecular complexity index is 223. The van der Waals surface area contributed by atoms with E-state index in [1.165, 1.54) is 0 Å². The molecule has 0 bridgehead atoms. The second-order valence-corrected chi connectivity index (χ2v) is 3.79. The third-order valence-corrected chi connectivity index (χ3v) is 2.46. The third-order valence-electron chi connectivity index (χ3n) is 2.46. The van der Waals surface area contributed by atoms with Crippen LogP contribution in [0.1, 0.15) is 20.8 Å². The van der Waals surface area contributed by atoms with Crippen molar-refractivity contribution in [3.63, 3.8) is 0 Å². The van der Waals surface area contributed by atoms with Gasteiger partial charge in [-0.25, -0.2) is 0 Å². The summed E-state index contributed by atoms with van der Waals surface area (Å²) in [6.07, 6.45) is 0. The highest BCUT2D eigenvalue weighted by molar-refractivity contribution is 5.73. The maximum absolute atomic E-state index is 11.1. The molecule has 1 amide bonds. The summed E-state index contributed by atoms with van der Waals surface area (Å²) in [5, 5.41) is 0. The summed E-state index contributed by atoms with van der Waals surface area (Å²) in [6.45, 7) is 12.3. The molecule has 1 aliphatic rings. The minimum Gasteiger partial charge on any atom is -0.370 e. The molecule has 0 spiro atoms. The Morgan fingerprint density at radius 2 is 2.08 bits per heavy atom. The van der Waals surface area contributed by atoms with Gasteiger partial charge >= 0.3 is 0 Å². The average molecular weight is 182 g/mol. The topological polar surface area (TPSA) is 23.6 Å². The van der Waals surface area contributed by atoms with Crippen molar-refractivity contribution in [3.8, 4) is 0 Å². The lowest BCUT2D eigenvalue weighted by Crippen LogP contribution is -2.48. The smallest absolute Gasteiger partial charge is 0.219 e. The van der Waals surface area contributed by atoms with Gasteiger partial charge in [-0.3, -0.25) is 4.79 Å². The quantitative estimate of drug-likeness (QED) is 0.605. The second kappa shape index (κ2) is 3.81. The van der Waals surface area contributed by atoms with Crippen molar-refractivity contribution in [2.75, 3.05) is 19.6 Å². The summed E-state index contributed by atoms with van der Waals surface area (Å²) in [5.41, 5.74) is 1.05. The van der Waals surface area contributed by atoms with Crippen molar-refractivity contribution in [3.05, 3.63) is 12.3 Å². The standard InChI is InChI=1S/C10H18N2O/c1-8(2)12-6-5-11(10(4)13)7-9(12)3/h8H,3,5-7H2,1-2,4H3. The van der Waals surface area contributed by atoms with Gasteiger partial charge in [-0.2, -0.15) is 0 Å². The van der Waals surface area contributed by atoms with E-state index in [-0.39, 0.29) is 5.91 Å². The number of nitrogens with zero attached hydrogens (tertiary/aromatic N) is 2. The first-order chi connectivity index (χ1) is 6.02. The van der Waals surface area contributed by atoms with Gasteiger partial charge in [0.25, 0.3) is 0 Å². The average Bonchev–Trinajstić information content (AvgIpc) is 2.03. The maximum atomic E-state index is 11.1. The molecule has 0 aliphatic carbocycles. The van der Waals surface area contributed by atoms with Crippen LogP contribution in [0, 0.1) is 0 Å². The lowest BCUT2D eigenvalue weighted by molar-refractivity contribution is -0.129. The molecular formula is C10H18N2O. The lowest BCUT2D eigenvalue weighted by Gasteiger charge is -2.39. The van der Waals surface area contributed by atoms with Gasteiger partial charge in [0, 0.05) is 31.8 Å². The highest BCUT2D eigenvalue weighted by atomic mass is 16.2. The highest BCUT2D eigenvalue weighted by Crippen LogP contribution is 2.14. The number of carbonyl (C=O) groups is 1. The van der Waals surface area contributed by atoms with Crippen molar-refractivity contribution in [1.29, 1.82) is 0 Å². The van der Waals surface area contributed by atoms with Crippen LogP contribution in [-0.2, 0) is 4.79 Å². The van der Waals surface area contributed by atoms with Crippen molar-refractivity contribution in [1.82, 2.24) is 9.80 Å². The molecule has 0 N–H and O–H groups in total. The molecule has 1 aliphatic heterocycles. The molecule has 74 valence electrons. The Morgan fingerprint density at radius 3 is 2.46 bits per heavy atom. The van der Waals surface area contributed by atoms with Crippen LogP contribution in [0.5, 0.6) is 0 Å². The zero-order valence-electron chi connectivity index (χ0n) is 8.71. The zero-order chi connectivity index (χ0) is 10.0. The van der Waals surface area contributed by atoms with Gasteiger partial charge in [-0.1, -0.05) is 6.58 Å². The summed E-state index contributed by atoms with van der Waals surface area (Å²) >= 11 is 0. The summed E-state index contributed by atoms with van der Waals surface area (Å²) in [5.74, 6) is 0.143. The maximum Gasteiger partial charge on any atom is 0.219 e. The Labute approximate surface area is 80.0 Å². The number of hydrogen-bond acceptors (Lipinski definition) is 2. The molecule has 1 rings (SSSR count). The normalized spacial score (nSPS) is 18.3. The van der Waals surface area contributed by atoms with E-state index in [1.807, 2.05) is 4.90 Å². The van der Waals surface area contributed by atoms with Crippen LogP contribution in [0.3, 0.4) is 0 Å². The number of amides is 1. The van der Waals surface area contributed by atoms with E-state index >= 15 is 0 Å². The largest absolute Gasteiger partial charge is 0.370 e. The first kappa shape index (κ1) is 10.1. The third kappa shape index (κ3) is 2.23. The molecule has 0 unspecified atom stereocenters. The molecule has 0 saturated carbocycles. The number of carbonyl (C=O) groups excluding carboxylic acids is 1. The van der Waals surface area contributed by atoms with Crippen LogP contribution < -0.4 is 0 Å². The van der Waals surface area contributed by atoms with Gasteiger partial charge < -0.3 is 9.80 Å². The van der Waals surface area contributed by atoms with Crippen molar-refractivity contribution in [2.24, 2.45) is 0 Å². The molecule has 0 aromatic rings. The monoisotopic (exact) mass is 182 g/mol. The first-order valence-corrected chi connectivity index (χ1v) is 4.72. The van der Waals surface area contributed by atoms with Gasteiger partial charge in [0.1, 0.15) is 0 Å². The predicted octanol–water partition coefficient (Wildman–Crippen LogP) is 1.07. The molecule has 0 radical (unpaired) electrons. The Balaban J connectivity index is 2.57. The SMILES string of the molecule is C=C1CN(C(C)=O)CCN1C(C)C.